The first kappa shape index (κ1) is 21.3. The fourth-order valence-corrected chi connectivity index (χ4v) is 5.32. The lowest BCUT2D eigenvalue weighted by atomic mass is 10.1. The number of carbonyl (C=O) groups is 1. The van der Waals surface area contributed by atoms with Gasteiger partial charge in [-0.2, -0.15) is 17.5 Å². The molecule has 0 bridgehead atoms. The van der Waals surface area contributed by atoms with Crippen molar-refractivity contribution in [1.29, 1.82) is 0 Å². The Morgan fingerprint density at radius 2 is 1.93 bits per heavy atom. The molecule has 1 N–H and O–H groups in total. The molecule has 3 rings (SSSR count). The van der Waals surface area contributed by atoms with Crippen LogP contribution < -0.4 is 5.32 Å². The maximum Gasteiger partial charge on any atom is 0.416 e. The molecule has 0 spiro atoms. The molecule has 0 saturated carbocycles. The monoisotopic (exact) mass is 431 g/mol. The average Bonchev–Trinajstić information content (AvgIpc) is 3.27. The van der Waals surface area contributed by atoms with Crippen LogP contribution in [0.5, 0.6) is 0 Å². The van der Waals surface area contributed by atoms with E-state index < -0.39 is 33.7 Å². The Labute approximate surface area is 165 Å². The van der Waals surface area contributed by atoms with Crippen LogP contribution in [0.3, 0.4) is 0 Å². The molecule has 2 heterocycles. The first-order valence-corrected chi connectivity index (χ1v) is 10.3. The third-order valence-corrected chi connectivity index (χ3v) is 6.94. The average molecular weight is 431 g/mol. The molecule has 29 heavy (non-hydrogen) atoms. The maximum atomic E-state index is 13.0. The summed E-state index contributed by atoms with van der Waals surface area (Å²) in [5.41, 5.74) is -0.0807. The fourth-order valence-electron chi connectivity index (χ4n) is 3.37. The summed E-state index contributed by atoms with van der Waals surface area (Å²) >= 11 is 0. The largest absolute Gasteiger partial charge is 0.416 e. The fraction of sp³-hybridized carbons (Fsp3) is 0.444. The van der Waals surface area contributed by atoms with Crippen LogP contribution in [-0.2, 0) is 27.5 Å². The lowest BCUT2D eigenvalue weighted by molar-refractivity contribution is -0.137. The van der Waals surface area contributed by atoms with Crippen LogP contribution in [0.4, 0.5) is 13.2 Å². The van der Waals surface area contributed by atoms with Crippen LogP contribution in [0, 0.1) is 13.8 Å². The molecule has 7 nitrogen and oxygen atoms in total. The second-order valence-corrected chi connectivity index (χ2v) is 8.67. The molecular formula is C18H20F3N3O4S. The highest BCUT2D eigenvalue weighted by molar-refractivity contribution is 7.89. The van der Waals surface area contributed by atoms with Crippen LogP contribution >= 0.6 is 0 Å². The second kappa shape index (κ2) is 7.79. The van der Waals surface area contributed by atoms with Gasteiger partial charge in [0.2, 0.25) is 15.9 Å². The summed E-state index contributed by atoms with van der Waals surface area (Å²) in [6, 6.07) is 3.52. The van der Waals surface area contributed by atoms with E-state index in [0.29, 0.717) is 18.4 Å². The Morgan fingerprint density at radius 1 is 1.28 bits per heavy atom. The van der Waals surface area contributed by atoms with Crippen molar-refractivity contribution >= 4 is 15.9 Å². The number of rotatable bonds is 5. The zero-order valence-corrected chi connectivity index (χ0v) is 16.6. The van der Waals surface area contributed by atoms with Crippen molar-refractivity contribution in [2.45, 2.75) is 50.3 Å². The van der Waals surface area contributed by atoms with E-state index in [9.17, 15) is 26.4 Å². The minimum absolute atomic E-state index is 0.00726. The summed E-state index contributed by atoms with van der Waals surface area (Å²) in [4.78, 5) is 12.6. The summed E-state index contributed by atoms with van der Waals surface area (Å²) in [7, 11) is -3.96. The van der Waals surface area contributed by atoms with Gasteiger partial charge in [0.15, 0.2) is 5.76 Å². The molecule has 0 radical (unpaired) electrons. The normalized spacial score (nSPS) is 18.2. The molecule has 1 unspecified atom stereocenters. The number of benzene rings is 1. The zero-order valence-electron chi connectivity index (χ0n) is 15.8. The van der Waals surface area contributed by atoms with E-state index in [-0.39, 0.29) is 29.4 Å². The van der Waals surface area contributed by atoms with Gasteiger partial charge in [-0.25, -0.2) is 8.42 Å². The van der Waals surface area contributed by atoms with E-state index in [1.165, 1.54) is 26.0 Å². The topological polar surface area (TPSA) is 92.5 Å². The van der Waals surface area contributed by atoms with Crippen molar-refractivity contribution in [1.82, 2.24) is 14.8 Å². The van der Waals surface area contributed by atoms with E-state index in [2.05, 4.69) is 10.5 Å². The van der Waals surface area contributed by atoms with Gasteiger partial charge >= 0.3 is 6.18 Å². The Hall–Kier alpha value is -2.40. The summed E-state index contributed by atoms with van der Waals surface area (Å²) in [6.45, 7) is 3.18. The van der Waals surface area contributed by atoms with Crippen molar-refractivity contribution < 1.29 is 30.9 Å². The molecule has 11 heteroatoms. The summed E-state index contributed by atoms with van der Waals surface area (Å²) in [5.74, 6) is -0.351. The highest BCUT2D eigenvalue weighted by Crippen LogP contribution is 2.30. The number of sulfonamides is 1. The van der Waals surface area contributed by atoms with Gasteiger partial charge < -0.3 is 9.84 Å². The molecular weight excluding hydrogens is 411 g/mol. The van der Waals surface area contributed by atoms with Gasteiger partial charge in [-0.1, -0.05) is 17.3 Å². The standard InChI is InChI=1S/C18H20F3N3O4S/c1-11-16(12(2)28-23-11)29(26,27)24-9-3-4-15(24)17(25)22-10-13-5-7-14(8-6-13)18(19,20)21/h5-8,15H,3-4,9-10H2,1-2H3,(H,22,25). The first-order valence-electron chi connectivity index (χ1n) is 8.90. The molecule has 1 aromatic heterocycles. The summed E-state index contributed by atoms with van der Waals surface area (Å²) < 4.78 is 69.9. The zero-order chi connectivity index (χ0) is 21.4. The maximum absolute atomic E-state index is 13.0. The molecule has 1 aromatic carbocycles. The van der Waals surface area contributed by atoms with Crippen molar-refractivity contribution in [2.75, 3.05) is 6.54 Å². The number of amides is 1. The summed E-state index contributed by atoms with van der Waals surface area (Å²) in [6.07, 6.45) is -3.57. The van der Waals surface area contributed by atoms with Gasteiger partial charge in [-0.05, 0) is 44.4 Å². The number of nitrogens with one attached hydrogen (secondary N) is 1. The van der Waals surface area contributed by atoms with Crippen LogP contribution in [0.15, 0.2) is 33.7 Å². The predicted octanol–water partition coefficient (Wildman–Crippen LogP) is 2.78. The lowest BCUT2D eigenvalue weighted by Crippen LogP contribution is -2.45. The molecule has 158 valence electrons. The second-order valence-electron chi connectivity index (χ2n) is 6.84. The van der Waals surface area contributed by atoms with Crippen molar-refractivity contribution in [3.63, 3.8) is 0 Å². The van der Waals surface area contributed by atoms with Crippen LogP contribution in [-0.4, -0.2) is 36.4 Å². The van der Waals surface area contributed by atoms with Crippen LogP contribution in [0.2, 0.25) is 0 Å². The van der Waals surface area contributed by atoms with Crippen molar-refractivity contribution in [3.8, 4) is 0 Å². The minimum atomic E-state index is -4.43. The van der Waals surface area contributed by atoms with E-state index >= 15 is 0 Å². The molecule has 1 fully saturated rings. The Balaban J connectivity index is 1.71. The van der Waals surface area contributed by atoms with Gasteiger partial charge in [0, 0.05) is 13.1 Å². The van der Waals surface area contributed by atoms with Crippen LogP contribution in [0.25, 0.3) is 0 Å². The third kappa shape index (κ3) is 4.30. The third-order valence-electron chi connectivity index (χ3n) is 4.79. The molecule has 1 amide bonds. The number of alkyl halides is 3. The molecule has 1 saturated heterocycles. The quantitative estimate of drug-likeness (QED) is 0.786. The Bertz CT molecular complexity index is 981. The van der Waals surface area contributed by atoms with Gasteiger partial charge in [-0.3, -0.25) is 4.79 Å². The molecule has 1 aliphatic heterocycles. The number of aryl methyl sites for hydroxylation is 2. The molecule has 2 aromatic rings. The van der Waals surface area contributed by atoms with Crippen molar-refractivity contribution in [3.05, 3.63) is 46.8 Å². The Morgan fingerprint density at radius 3 is 2.48 bits per heavy atom. The Kier molecular flexibility index (Phi) is 5.72. The SMILES string of the molecule is Cc1noc(C)c1S(=O)(=O)N1CCCC1C(=O)NCc1ccc(C(F)(F)F)cc1. The van der Waals surface area contributed by atoms with Gasteiger partial charge in [0.05, 0.1) is 5.56 Å². The molecule has 1 atom stereocenters. The van der Waals surface area contributed by atoms with Gasteiger partial charge in [0.25, 0.3) is 0 Å². The van der Waals surface area contributed by atoms with Crippen LogP contribution in [0.1, 0.15) is 35.4 Å². The number of halogens is 3. The predicted molar refractivity (Wildman–Crippen MR) is 96.2 cm³/mol. The van der Waals surface area contributed by atoms with Gasteiger partial charge in [-0.15, -0.1) is 0 Å². The van der Waals surface area contributed by atoms with E-state index in [1.807, 2.05) is 0 Å². The lowest BCUT2D eigenvalue weighted by Gasteiger charge is -2.23. The number of aromatic nitrogens is 1. The molecule has 0 aliphatic carbocycles. The van der Waals surface area contributed by atoms with E-state index in [1.54, 1.807) is 0 Å². The smallest absolute Gasteiger partial charge is 0.360 e. The highest BCUT2D eigenvalue weighted by Gasteiger charge is 2.41. The number of nitrogens with zero attached hydrogens (tertiary/aromatic N) is 2. The van der Waals surface area contributed by atoms with Crippen molar-refractivity contribution in [2.24, 2.45) is 0 Å². The first-order chi connectivity index (χ1) is 13.5. The van der Waals surface area contributed by atoms with Gasteiger partial charge in [0.1, 0.15) is 16.6 Å². The number of carbonyl (C=O) groups excluding carboxylic acids is 1. The minimum Gasteiger partial charge on any atom is -0.360 e. The van der Waals surface area contributed by atoms with E-state index in [0.717, 1.165) is 16.4 Å². The number of hydrogen-bond acceptors (Lipinski definition) is 5. The molecule has 1 aliphatic rings. The van der Waals surface area contributed by atoms with E-state index in [4.69, 9.17) is 4.52 Å². The summed E-state index contributed by atoms with van der Waals surface area (Å²) in [5, 5.41) is 6.27. The number of hydrogen-bond donors (Lipinski definition) is 1. The highest BCUT2D eigenvalue weighted by atomic mass is 32.2.